The quantitative estimate of drug-likeness (QED) is 0.413. The van der Waals surface area contributed by atoms with Crippen LogP contribution in [0.1, 0.15) is 90.4 Å². The van der Waals surface area contributed by atoms with Gasteiger partial charge in [-0.2, -0.15) is 0 Å². The van der Waals surface area contributed by atoms with Crippen LogP contribution >= 0.6 is 0 Å². The van der Waals surface area contributed by atoms with Gasteiger partial charge in [0.25, 0.3) is 15.3 Å². The molecule has 0 heterocycles. The van der Waals surface area contributed by atoms with Gasteiger partial charge in [0.2, 0.25) is 0 Å². The fourth-order valence-corrected chi connectivity index (χ4v) is 3.69. The van der Waals surface area contributed by atoms with Gasteiger partial charge >= 0.3 is 0 Å². The van der Waals surface area contributed by atoms with Crippen molar-refractivity contribution < 1.29 is 34.9 Å². The van der Waals surface area contributed by atoms with Crippen LogP contribution in [-0.2, 0) is 14.5 Å². The summed E-state index contributed by atoms with van der Waals surface area (Å²) in [6.07, 6.45) is 12.3. The van der Waals surface area contributed by atoms with Gasteiger partial charge in [0.1, 0.15) is 12.2 Å². The van der Waals surface area contributed by atoms with E-state index in [-0.39, 0.29) is 6.10 Å². The first-order valence-electron chi connectivity index (χ1n) is 11.7. The predicted octanol–water partition coefficient (Wildman–Crippen LogP) is 4.05. The van der Waals surface area contributed by atoms with Crippen molar-refractivity contribution in [3.63, 3.8) is 0 Å². The molecule has 4 aliphatic carbocycles. The van der Waals surface area contributed by atoms with Gasteiger partial charge in [-0.15, -0.1) is 30.3 Å². The fourth-order valence-electron chi connectivity index (χ4n) is 3.69. The van der Waals surface area contributed by atoms with Crippen molar-refractivity contribution in [2.24, 2.45) is 11.8 Å². The normalized spacial score (nSPS) is 24.2. The molecule has 4 rings (SSSR count). The zero-order valence-electron chi connectivity index (χ0n) is 19.2. The first kappa shape index (κ1) is 28.6. The minimum Gasteiger partial charge on any atom is -0.391 e. The van der Waals surface area contributed by atoms with E-state index in [1.54, 1.807) is 0 Å². The van der Waals surface area contributed by atoms with Crippen molar-refractivity contribution in [2.45, 2.75) is 109 Å². The number of hydrogen-bond acceptors (Lipinski definition) is 10. The molecule has 0 aliphatic heterocycles. The number of aliphatic hydroxyl groups is 1. The highest BCUT2D eigenvalue weighted by atomic mass is 17.0. The summed E-state index contributed by atoms with van der Waals surface area (Å²) >= 11 is 0. The average molecular weight is 480 g/mol. The van der Waals surface area contributed by atoms with Crippen LogP contribution in [0.15, 0.2) is 0 Å². The second-order valence-electron chi connectivity index (χ2n) is 8.95. The van der Waals surface area contributed by atoms with E-state index in [0.717, 1.165) is 50.9 Å². The number of rotatable bonds is 7. The van der Waals surface area contributed by atoms with Crippen molar-refractivity contribution >= 4 is 0 Å². The number of aliphatic hydroxyl groups excluding tert-OH is 1. The monoisotopic (exact) mass is 479 g/mol. The van der Waals surface area contributed by atoms with Crippen molar-refractivity contribution in [3.8, 4) is 0 Å². The summed E-state index contributed by atoms with van der Waals surface area (Å²) in [5.74, 6) is 1.52. The second kappa shape index (κ2) is 16.2. The predicted molar refractivity (Wildman–Crippen MR) is 115 cm³/mol. The lowest BCUT2D eigenvalue weighted by molar-refractivity contribution is -0.770. The molecule has 0 saturated heterocycles. The molecule has 0 bridgehead atoms. The summed E-state index contributed by atoms with van der Waals surface area (Å²) in [4.78, 5) is 41.8. The van der Waals surface area contributed by atoms with Crippen LogP contribution in [0.4, 0.5) is 0 Å². The lowest BCUT2D eigenvalue weighted by atomic mass is 9.86. The van der Waals surface area contributed by atoms with Crippen molar-refractivity contribution in [2.75, 3.05) is 6.61 Å². The first-order chi connectivity index (χ1) is 15.7. The number of nitrogens with zero attached hydrogens (tertiary/aromatic N) is 3. The summed E-state index contributed by atoms with van der Waals surface area (Å²) in [7, 11) is 0. The van der Waals surface area contributed by atoms with Gasteiger partial charge in [-0.1, -0.05) is 45.4 Å². The molecular formula is C20H37N3O10. The van der Waals surface area contributed by atoms with Crippen molar-refractivity contribution in [1.29, 1.82) is 0 Å². The minimum absolute atomic E-state index is 0.111. The summed E-state index contributed by atoms with van der Waals surface area (Å²) in [6, 6.07) is 0. The Kier molecular flexibility index (Phi) is 14.1. The SMILES string of the molecule is CC1CCC1.O=[N+]([O-])OC1CCCC1.O=[N+]([O-])OC1CCCC1O.O=[N+]([O-])OCC1CCC1. The van der Waals surface area contributed by atoms with Crippen LogP contribution in [0.2, 0.25) is 0 Å². The van der Waals surface area contributed by atoms with Crippen LogP contribution in [-0.4, -0.2) is 45.3 Å². The van der Waals surface area contributed by atoms with E-state index >= 15 is 0 Å². The van der Waals surface area contributed by atoms with Crippen LogP contribution < -0.4 is 0 Å². The molecule has 0 aromatic rings. The molecule has 4 saturated carbocycles. The Balaban J connectivity index is 0.000000225. The van der Waals surface area contributed by atoms with Crippen LogP contribution in [0, 0.1) is 42.2 Å². The van der Waals surface area contributed by atoms with Gasteiger partial charge in [0, 0.05) is 0 Å². The first-order valence-corrected chi connectivity index (χ1v) is 11.7. The summed E-state index contributed by atoms with van der Waals surface area (Å²) in [6.45, 7) is 2.61. The molecule has 13 heteroatoms. The van der Waals surface area contributed by atoms with Gasteiger partial charge in [0.05, 0.1) is 12.7 Å². The van der Waals surface area contributed by atoms with E-state index in [2.05, 4.69) is 21.4 Å². The largest absolute Gasteiger partial charge is 0.391 e. The summed E-state index contributed by atoms with van der Waals surface area (Å²) in [5, 5.41) is 35.9. The Bertz CT molecular complexity index is 580. The van der Waals surface area contributed by atoms with E-state index in [4.69, 9.17) is 5.11 Å². The fraction of sp³-hybridized carbons (Fsp3) is 1.00. The highest BCUT2D eigenvalue weighted by molar-refractivity contribution is 4.75. The van der Waals surface area contributed by atoms with E-state index < -0.39 is 27.5 Å². The van der Waals surface area contributed by atoms with Gasteiger partial charge < -0.3 is 19.6 Å². The molecule has 4 aliphatic rings. The molecule has 0 radical (unpaired) electrons. The topological polar surface area (TPSA) is 177 Å². The molecule has 2 atom stereocenters. The zero-order valence-corrected chi connectivity index (χ0v) is 19.2. The van der Waals surface area contributed by atoms with Gasteiger partial charge in [-0.25, -0.2) is 0 Å². The van der Waals surface area contributed by atoms with E-state index in [1.807, 2.05) is 0 Å². The number of hydrogen-bond donors (Lipinski definition) is 1. The van der Waals surface area contributed by atoms with Crippen LogP contribution in [0.3, 0.4) is 0 Å². The molecule has 2 unspecified atom stereocenters. The van der Waals surface area contributed by atoms with E-state index in [1.165, 1.54) is 25.7 Å². The van der Waals surface area contributed by atoms with Crippen LogP contribution in [0.5, 0.6) is 0 Å². The highest BCUT2D eigenvalue weighted by Crippen LogP contribution is 2.26. The molecule has 0 spiro atoms. The molecule has 13 nitrogen and oxygen atoms in total. The third-order valence-corrected chi connectivity index (χ3v) is 6.21. The Morgan fingerprint density at radius 2 is 1.24 bits per heavy atom. The molecule has 192 valence electrons. The van der Waals surface area contributed by atoms with E-state index in [9.17, 15) is 30.3 Å². The second-order valence-corrected chi connectivity index (χ2v) is 8.95. The third kappa shape index (κ3) is 14.3. The summed E-state index contributed by atoms with van der Waals surface area (Å²) in [5.41, 5.74) is 0. The summed E-state index contributed by atoms with van der Waals surface area (Å²) < 4.78 is 0. The maximum absolute atomic E-state index is 9.77. The smallest absolute Gasteiger partial charge is 0.294 e. The average Bonchev–Trinajstić information content (AvgIpc) is 3.31. The highest BCUT2D eigenvalue weighted by Gasteiger charge is 2.28. The van der Waals surface area contributed by atoms with Gasteiger partial charge in [-0.3, -0.25) is 0 Å². The Morgan fingerprint density at radius 1 is 0.727 bits per heavy atom. The molecule has 1 N–H and O–H groups in total. The molecule has 33 heavy (non-hydrogen) atoms. The lowest BCUT2D eigenvalue weighted by Crippen LogP contribution is -2.25. The maximum Gasteiger partial charge on any atom is 0.294 e. The van der Waals surface area contributed by atoms with Gasteiger partial charge in [0.15, 0.2) is 0 Å². The maximum atomic E-state index is 9.77. The van der Waals surface area contributed by atoms with Crippen molar-refractivity contribution in [3.05, 3.63) is 30.3 Å². The Labute approximate surface area is 193 Å². The molecule has 0 aromatic carbocycles. The third-order valence-electron chi connectivity index (χ3n) is 6.21. The molecule has 4 fully saturated rings. The standard InChI is InChI=1S/C5H9NO4.2C5H9NO3.C5H10/c7-4-2-1-3-5(4)10-6(8)9;7-6(8)9-4-5-2-1-3-5;7-6(8)9-5-3-1-2-4-5;1-5-3-2-4-5/h4-5,7H,1-3H2;2*5H,1-4H2;5H,2-4H2,1H3. The molecule has 0 aromatic heterocycles. The Morgan fingerprint density at radius 3 is 1.58 bits per heavy atom. The Hall–Kier alpha value is -2.44. The lowest BCUT2D eigenvalue weighted by Gasteiger charge is -2.23. The van der Waals surface area contributed by atoms with E-state index in [0.29, 0.717) is 25.4 Å². The van der Waals surface area contributed by atoms with Crippen molar-refractivity contribution in [1.82, 2.24) is 0 Å². The minimum atomic E-state index is -0.848. The van der Waals surface area contributed by atoms with Gasteiger partial charge in [-0.05, 0) is 56.8 Å². The molecule has 0 amide bonds. The zero-order chi connectivity index (χ0) is 24.6. The molecular weight excluding hydrogens is 442 g/mol. The van der Waals surface area contributed by atoms with Crippen LogP contribution in [0.25, 0.3) is 0 Å².